The Bertz CT molecular complexity index is 523. The van der Waals surface area contributed by atoms with Crippen molar-refractivity contribution in [3.05, 3.63) is 0 Å². The van der Waals surface area contributed by atoms with Crippen molar-refractivity contribution in [1.82, 2.24) is 25.6 Å². The predicted molar refractivity (Wildman–Crippen MR) is 109 cm³/mol. The molecule has 1 heterocycles. The van der Waals surface area contributed by atoms with E-state index in [0.717, 1.165) is 0 Å². The molecule has 0 amide bonds. The smallest absolute Gasteiger partial charge is 0.320 e. The Morgan fingerprint density at radius 3 is 1.74 bits per heavy atom. The van der Waals surface area contributed by atoms with E-state index in [1.807, 2.05) is 0 Å². The third kappa shape index (κ3) is 14.4. The zero-order valence-electron chi connectivity index (χ0n) is 17.8. The molecule has 1 saturated heterocycles. The first-order valence-electron chi connectivity index (χ1n) is 10.0. The zero-order chi connectivity index (χ0) is 23.6. The van der Waals surface area contributed by atoms with Gasteiger partial charge in [-0.3, -0.25) is 29.1 Å². The maximum atomic E-state index is 11.5. The van der Waals surface area contributed by atoms with Gasteiger partial charge >= 0.3 is 17.9 Å². The van der Waals surface area contributed by atoms with Crippen molar-refractivity contribution in [2.45, 2.75) is 18.9 Å². The fourth-order valence-corrected chi connectivity index (χ4v) is 3.03. The van der Waals surface area contributed by atoms with Crippen LogP contribution in [-0.4, -0.2) is 133 Å². The number of nitrogens with zero attached hydrogens (tertiary/aromatic N) is 3. The molecule has 0 aromatic heterocycles. The number of rotatable bonds is 12. The molecular formula is C18H34FN5O7. The van der Waals surface area contributed by atoms with E-state index in [0.29, 0.717) is 58.6 Å². The molecule has 1 rings (SSSR count). The molecule has 0 bridgehead atoms. The highest BCUT2D eigenvalue weighted by atomic mass is 19.2. The van der Waals surface area contributed by atoms with Crippen LogP contribution in [-0.2, 0) is 19.2 Å². The maximum Gasteiger partial charge on any atom is 0.320 e. The molecule has 1 atom stereocenters. The van der Waals surface area contributed by atoms with Gasteiger partial charge in [0.25, 0.3) is 0 Å². The predicted octanol–water partition coefficient (Wildman–Crippen LogP) is -1.81. The van der Waals surface area contributed by atoms with Gasteiger partial charge in [0.05, 0.1) is 13.1 Å². The summed E-state index contributed by atoms with van der Waals surface area (Å²) in [4.78, 5) is 49.1. The normalized spacial score (nSPS) is 17.4. The van der Waals surface area contributed by atoms with Gasteiger partial charge in [0, 0.05) is 58.8 Å². The lowest BCUT2D eigenvalue weighted by Gasteiger charge is -2.30. The number of hydrogen-bond acceptors (Lipinski definition) is 9. The van der Waals surface area contributed by atoms with Crippen LogP contribution in [0.3, 0.4) is 0 Å². The molecule has 13 heteroatoms. The van der Waals surface area contributed by atoms with E-state index in [9.17, 15) is 28.8 Å². The van der Waals surface area contributed by atoms with E-state index in [1.54, 1.807) is 21.7 Å². The summed E-state index contributed by atoms with van der Waals surface area (Å²) >= 11 is 0. The van der Waals surface area contributed by atoms with Gasteiger partial charge in [-0.2, -0.15) is 5.54 Å². The van der Waals surface area contributed by atoms with Crippen molar-refractivity contribution in [1.29, 1.82) is 0 Å². The van der Waals surface area contributed by atoms with Crippen LogP contribution < -0.4 is 10.9 Å². The molecular weight excluding hydrogens is 417 g/mol. The molecule has 0 radical (unpaired) electrons. The van der Waals surface area contributed by atoms with Crippen LogP contribution in [0.1, 0.15) is 12.8 Å². The van der Waals surface area contributed by atoms with Crippen molar-refractivity contribution in [2.24, 2.45) is 0 Å². The average Bonchev–Trinajstić information content (AvgIpc) is 2.78. The maximum absolute atomic E-state index is 11.5. The summed E-state index contributed by atoms with van der Waals surface area (Å²) in [5, 5.41) is 30.2. The van der Waals surface area contributed by atoms with Crippen LogP contribution in [0.25, 0.3) is 0 Å². The molecule has 1 fully saturated rings. The van der Waals surface area contributed by atoms with Crippen molar-refractivity contribution in [3.63, 3.8) is 0 Å². The summed E-state index contributed by atoms with van der Waals surface area (Å²) in [7, 11) is 1.78. The van der Waals surface area contributed by atoms with Gasteiger partial charge in [-0.1, -0.05) is 0 Å². The van der Waals surface area contributed by atoms with E-state index in [1.165, 1.54) is 5.54 Å². The summed E-state index contributed by atoms with van der Waals surface area (Å²) in [6.07, 6.45) is 0.946. The Balaban J connectivity index is 0.00000131. The summed E-state index contributed by atoms with van der Waals surface area (Å²) in [5.74, 6) is -3.03. The minimum atomic E-state index is -1.05. The number of aldehydes is 1. The van der Waals surface area contributed by atoms with Crippen LogP contribution in [0.5, 0.6) is 0 Å². The van der Waals surface area contributed by atoms with Crippen LogP contribution >= 0.6 is 0 Å². The third-order valence-electron chi connectivity index (χ3n) is 4.61. The number of hydrogen-bond donors (Lipinski definition) is 5. The van der Waals surface area contributed by atoms with Gasteiger partial charge in [0.2, 0.25) is 0 Å². The quantitative estimate of drug-likeness (QED) is 0.129. The number of carbonyl (C=O) groups is 4. The number of aliphatic carboxylic acids is 3. The molecule has 1 unspecified atom stereocenters. The van der Waals surface area contributed by atoms with Gasteiger partial charge in [-0.25, -0.2) is 0 Å². The van der Waals surface area contributed by atoms with Crippen molar-refractivity contribution >= 4 is 24.2 Å². The number of carbonyl (C=O) groups excluding carboxylic acids is 1. The minimum absolute atomic E-state index is 0.116. The first-order valence-corrected chi connectivity index (χ1v) is 10.0. The molecule has 0 spiro atoms. The van der Waals surface area contributed by atoms with Gasteiger partial charge < -0.3 is 25.4 Å². The lowest BCUT2D eigenvalue weighted by molar-refractivity contribution is -0.144. The molecule has 0 aromatic rings. The lowest BCUT2D eigenvalue weighted by atomic mass is 10.1. The lowest BCUT2D eigenvalue weighted by Crippen LogP contribution is -2.47. The highest BCUT2D eigenvalue weighted by Gasteiger charge is 2.27. The Morgan fingerprint density at radius 1 is 0.935 bits per heavy atom. The zero-order valence-corrected chi connectivity index (χ0v) is 17.8. The van der Waals surface area contributed by atoms with Gasteiger partial charge in [0.15, 0.2) is 0 Å². The first-order chi connectivity index (χ1) is 14.7. The van der Waals surface area contributed by atoms with E-state index < -0.39 is 23.9 Å². The molecule has 1 aliphatic rings. The molecule has 0 saturated carbocycles. The van der Waals surface area contributed by atoms with Crippen molar-refractivity contribution in [2.75, 3.05) is 72.5 Å². The monoisotopic (exact) mass is 451 g/mol. The molecule has 12 nitrogen and oxygen atoms in total. The Labute approximate surface area is 180 Å². The highest BCUT2D eigenvalue weighted by molar-refractivity contribution is 5.74. The largest absolute Gasteiger partial charge is 0.480 e. The molecule has 0 aromatic carbocycles. The molecule has 31 heavy (non-hydrogen) atoms. The number of nitrogens with one attached hydrogen (secondary N) is 2. The van der Waals surface area contributed by atoms with Gasteiger partial charge in [-0.05, 0) is 13.5 Å². The standard InChI is InChI=1S/C15H25N3O7.C3H9FN2/c19-9-1-2-12(15(24)25)18-7-5-16(10-13(20)21)3-4-17(6-8-18)11-14(22)23;1-5-2-3-6-4/h9,12H,1-8,10-11H2,(H,20,21)(H,22,23)(H,24,25);5-6H,2-3H2,1H3. The van der Waals surface area contributed by atoms with Gasteiger partial charge in [-0.15, -0.1) is 4.48 Å². The van der Waals surface area contributed by atoms with Crippen molar-refractivity contribution < 1.29 is 39.0 Å². The fourth-order valence-electron chi connectivity index (χ4n) is 3.03. The first kappa shape index (κ1) is 28.8. The van der Waals surface area contributed by atoms with E-state index in [4.69, 9.17) is 10.2 Å². The highest BCUT2D eigenvalue weighted by Crippen LogP contribution is 2.10. The van der Waals surface area contributed by atoms with Crippen molar-refractivity contribution in [3.8, 4) is 0 Å². The number of halogens is 1. The topological polar surface area (TPSA) is 163 Å². The fraction of sp³-hybridized carbons (Fsp3) is 0.778. The summed E-state index contributed by atoms with van der Waals surface area (Å²) in [5.41, 5.74) is 1.51. The molecule has 1 aliphatic heterocycles. The van der Waals surface area contributed by atoms with Crippen LogP contribution in [0.4, 0.5) is 4.48 Å². The Hall–Kier alpha value is -2.19. The second-order valence-electron chi connectivity index (χ2n) is 6.96. The molecule has 180 valence electrons. The second-order valence-corrected chi connectivity index (χ2v) is 6.96. The van der Waals surface area contributed by atoms with E-state index in [-0.39, 0.29) is 25.9 Å². The van der Waals surface area contributed by atoms with Crippen LogP contribution in [0.15, 0.2) is 0 Å². The average molecular weight is 451 g/mol. The summed E-state index contributed by atoms with van der Waals surface area (Å²) in [6, 6.07) is -0.860. The SMILES string of the molecule is CNCCNF.O=CCCC(C(=O)O)N1CCN(CC(=O)O)CCN(CC(=O)O)CC1. The van der Waals surface area contributed by atoms with Crippen LogP contribution in [0, 0.1) is 0 Å². The van der Waals surface area contributed by atoms with Crippen LogP contribution in [0.2, 0.25) is 0 Å². The minimum Gasteiger partial charge on any atom is -0.480 e. The summed E-state index contributed by atoms with van der Waals surface area (Å²) < 4.78 is 10.9. The molecule has 5 N–H and O–H groups in total. The Morgan fingerprint density at radius 2 is 1.42 bits per heavy atom. The number of carboxylic acid groups (broad SMARTS) is 3. The second kappa shape index (κ2) is 17.5. The number of carboxylic acids is 3. The third-order valence-corrected chi connectivity index (χ3v) is 4.61. The Kier molecular flexibility index (Phi) is 16.3. The van der Waals surface area contributed by atoms with E-state index in [2.05, 4.69) is 5.32 Å². The summed E-state index contributed by atoms with van der Waals surface area (Å²) in [6.45, 7) is 2.85. The van der Waals surface area contributed by atoms with Gasteiger partial charge in [0.1, 0.15) is 12.3 Å². The number of likely N-dealkylation sites (N-methyl/N-ethyl adjacent to an activating group) is 1. The molecule has 0 aliphatic carbocycles. The van der Waals surface area contributed by atoms with E-state index >= 15 is 0 Å².